The van der Waals surface area contributed by atoms with E-state index in [1.165, 1.54) is 0 Å². The summed E-state index contributed by atoms with van der Waals surface area (Å²) in [6.45, 7) is 2.58. The first-order valence-corrected chi connectivity index (χ1v) is 7.20. The molecule has 0 radical (unpaired) electrons. The van der Waals surface area contributed by atoms with Crippen LogP contribution in [0.1, 0.15) is 6.92 Å². The lowest BCUT2D eigenvalue weighted by molar-refractivity contribution is 0.753. The number of H-pyrrole nitrogens is 1. The largest absolute Gasteiger partial charge is 0.326 e. The smallest absolute Gasteiger partial charge is 0.304 e. The number of imidazole rings is 1. The Morgan fingerprint density at radius 1 is 1.18 bits per heavy atom. The molecule has 0 aliphatic heterocycles. The Morgan fingerprint density at radius 3 is 2.95 bits per heavy atom. The van der Waals surface area contributed by atoms with Crippen LogP contribution in [0, 0.1) is 0 Å². The van der Waals surface area contributed by atoms with Gasteiger partial charge in [0.15, 0.2) is 0 Å². The van der Waals surface area contributed by atoms with E-state index in [1.807, 2.05) is 43.3 Å². The molecule has 22 heavy (non-hydrogen) atoms. The molecule has 4 aromatic rings. The normalized spacial score (nSPS) is 11.3. The summed E-state index contributed by atoms with van der Waals surface area (Å²) in [6.07, 6.45) is 3.50. The fourth-order valence-electron chi connectivity index (χ4n) is 2.84. The van der Waals surface area contributed by atoms with E-state index in [9.17, 15) is 4.79 Å². The van der Waals surface area contributed by atoms with Crippen LogP contribution in [0.2, 0.25) is 0 Å². The van der Waals surface area contributed by atoms with Crippen molar-refractivity contribution in [2.45, 2.75) is 13.5 Å². The molecule has 5 nitrogen and oxygen atoms in total. The van der Waals surface area contributed by atoms with Crippen LogP contribution in [0.4, 0.5) is 0 Å². The van der Waals surface area contributed by atoms with E-state index in [0.29, 0.717) is 6.54 Å². The molecule has 0 aliphatic rings. The molecule has 0 atom stereocenters. The van der Waals surface area contributed by atoms with Crippen molar-refractivity contribution in [1.29, 1.82) is 0 Å². The number of hydrogen-bond acceptors (Lipinski definition) is 3. The molecule has 108 valence electrons. The third-order valence-corrected chi connectivity index (χ3v) is 3.90. The number of pyridine rings is 2. The van der Waals surface area contributed by atoms with Gasteiger partial charge in [-0.05, 0) is 25.1 Å². The number of aryl methyl sites for hydroxylation is 1. The third kappa shape index (κ3) is 1.83. The molecule has 0 saturated carbocycles. The minimum absolute atomic E-state index is 0.101. The van der Waals surface area contributed by atoms with Crippen molar-refractivity contribution in [3.8, 4) is 11.3 Å². The Labute approximate surface area is 126 Å². The van der Waals surface area contributed by atoms with E-state index in [1.54, 1.807) is 17.0 Å². The first-order chi connectivity index (χ1) is 10.8. The Balaban J connectivity index is 2.02. The molecule has 0 aliphatic carbocycles. The van der Waals surface area contributed by atoms with Gasteiger partial charge in [-0.1, -0.05) is 18.2 Å². The van der Waals surface area contributed by atoms with Gasteiger partial charge in [-0.2, -0.15) is 0 Å². The average molecular weight is 290 g/mol. The van der Waals surface area contributed by atoms with Crippen LogP contribution in [0.15, 0.2) is 53.6 Å². The van der Waals surface area contributed by atoms with Gasteiger partial charge in [-0.25, -0.2) is 4.79 Å². The topological polar surface area (TPSA) is 63.6 Å². The summed E-state index contributed by atoms with van der Waals surface area (Å²) in [4.78, 5) is 23.6. The number of rotatable bonds is 2. The lowest BCUT2D eigenvalue weighted by atomic mass is 10.0. The van der Waals surface area contributed by atoms with E-state index in [2.05, 4.69) is 15.0 Å². The Morgan fingerprint density at radius 2 is 2.09 bits per heavy atom. The number of aromatic nitrogens is 4. The summed E-state index contributed by atoms with van der Waals surface area (Å²) >= 11 is 0. The zero-order chi connectivity index (χ0) is 15.1. The number of nitrogens with one attached hydrogen (secondary N) is 1. The van der Waals surface area contributed by atoms with Crippen molar-refractivity contribution >= 4 is 21.9 Å². The van der Waals surface area contributed by atoms with Crippen LogP contribution in [0.3, 0.4) is 0 Å². The second kappa shape index (κ2) is 4.80. The predicted molar refractivity (Wildman–Crippen MR) is 86.8 cm³/mol. The molecule has 5 heteroatoms. The minimum Gasteiger partial charge on any atom is -0.304 e. The van der Waals surface area contributed by atoms with E-state index >= 15 is 0 Å². The molecule has 0 fully saturated rings. The maximum atomic E-state index is 11.9. The number of hydrogen-bond donors (Lipinski definition) is 1. The summed E-state index contributed by atoms with van der Waals surface area (Å²) < 4.78 is 1.71. The van der Waals surface area contributed by atoms with Crippen molar-refractivity contribution in [1.82, 2.24) is 19.5 Å². The van der Waals surface area contributed by atoms with Gasteiger partial charge in [0.2, 0.25) is 0 Å². The fraction of sp³-hybridized carbons (Fsp3) is 0.118. The molecule has 0 bridgehead atoms. The summed E-state index contributed by atoms with van der Waals surface area (Å²) in [5, 5.41) is 1.05. The maximum Gasteiger partial charge on any atom is 0.326 e. The van der Waals surface area contributed by atoms with Crippen molar-refractivity contribution in [3.05, 3.63) is 59.3 Å². The first-order valence-electron chi connectivity index (χ1n) is 7.20. The van der Waals surface area contributed by atoms with Gasteiger partial charge in [0.05, 0.1) is 28.4 Å². The highest BCUT2D eigenvalue weighted by Gasteiger charge is 2.10. The minimum atomic E-state index is -0.101. The lowest BCUT2D eigenvalue weighted by Crippen LogP contribution is -2.14. The van der Waals surface area contributed by atoms with Gasteiger partial charge in [-0.3, -0.25) is 14.5 Å². The summed E-state index contributed by atoms with van der Waals surface area (Å²) in [5.74, 6) is 0. The highest BCUT2D eigenvalue weighted by Crippen LogP contribution is 2.27. The molecule has 0 unspecified atom stereocenters. The van der Waals surface area contributed by atoms with Crippen molar-refractivity contribution in [3.63, 3.8) is 0 Å². The monoisotopic (exact) mass is 290 g/mol. The van der Waals surface area contributed by atoms with Gasteiger partial charge < -0.3 is 4.98 Å². The highest BCUT2D eigenvalue weighted by atomic mass is 16.1. The van der Waals surface area contributed by atoms with Crippen LogP contribution < -0.4 is 5.69 Å². The number of aromatic amines is 1. The van der Waals surface area contributed by atoms with Crippen LogP contribution in [0.5, 0.6) is 0 Å². The highest BCUT2D eigenvalue weighted by molar-refractivity contribution is 5.95. The van der Waals surface area contributed by atoms with Crippen LogP contribution >= 0.6 is 0 Å². The third-order valence-electron chi connectivity index (χ3n) is 3.90. The summed E-state index contributed by atoms with van der Waals surface area (Å²) in [7, 11) is 0. The second-order valence-corrected chi connectivity index (χ2v) is 5.14. The van der Waals surface area contributed by atoms with Gasteiger partial charge in [0.1, 0.15) is 0 Å². The van der Waals surface area contributed by atoms with Crippen LogP contribution in [0.25, 0.3) is 33.2 Å². The molecule has 4 rings (SSSR count). The first kappa shape index (κ1) is 12.8. The molecular formula is C17H14N4O. The van der Waals surface area contributed by atoms with Crippen LogP contribution in [-0.4, -0.2) is 19.5 Å². The summed E-state index contributed by atoms with van der Waals surface area (Å²) in [6, 6.07) is 11.9. The quantitative estimate of drug-likeness (QED) is 0.617. The average Bonchev–Trinajstić information content (AvgIpc) is 2.88. The molecule has 0 spiro atoms. The molecule has 1 aromatic carbocycles. The SMILES string of the molecule is CCn1c(=O)[nH]c2cnc(-c3cccc4ncccc34)cc21. The molecule has 0 saturated heterocycles. The lowest BCUT2D eigenvalue weighted by Gasteiger charge is -2.06. The molecule has 1 N–H and O–H groups in total. The van der Waals surface area contributed by atoms with E-state index in [-0.39, 0.29) is 5.69 Å². The second-order valence-electron chi connectivity index (χ2n) is 5.14. The summed E-state index contributed by atoms with van der Waals surface area (Å²) in [5.41, 5.74) is 4.32. The molecule has 0 amide bonds. The van der Waals surface area contributed by atoms with Crippen molar-refractivity contribution < 1.29 is 0 Å². The van der Waals surface area contributed by atoms with Crippen LogP contribution in [-0.2, 0) is 6.54 Å². The van der Waals surface area contributed by atoms with E-state index in [4.69, 9.17) is 0 Å². The van der Waals surface area contributed by atoms with Gasteiger partial charge in [0, 0.05) is 23.7 Å². The Kier molecular flexibility index (Phi) is 2.79. The Bertz CT molecular complexity index is 1040. The molecule has 3 aromatic heterocycles. The van der Waals surface area contributed by atoms with E-state index in [0.717, 1.165) is 33.2 Å². The number of fused-ring (bicyclic) bond motifs is 2. The molecule has 3 heterocycles. The standard InChI is InChI=1S/C17H14N4O/c1-2-21-16-9-14(19-10-15(16)20-17(21)22)12-5-3-7-13-11(12)6-4-8-18-13/h3-10H,2H2,1H3,(H,20,22). The fourth-order valence-corrected chi connectivity index (χ4v) is 2.84. The maximum absolute atomic E-state index is 11.9. The Hall–Kier alpha value is -2.95. The van der Waals surface area contributed by atoms with E-state index < -0.39 is 0 Å². The number of nitrogens with zero attached hydrogens (tertiary/aromatic N) is 3. The zero-order valence-corrected chi connectivity index (χ0v) is 12.1. The van der Waals surface area contributed by atoms with Crippen molar-refractivity contribution in [2.24, 2.45) is 0 Å². The number of benzene rings is 1. The predicted octanol–water partition coefficient (Wildman–Crippen LogP) is 2.96. The molecular weight excluding hydrogens is 276 g/mol. The van der Waals surface area contributed by atoms with Gasteiger partial charge >= 0.3 is 5.69 Å². The zero-order valence-electron chi connectivity index (χ0n) is 12.1. The van der Waals surface area contributed by atoms with Gasteiger partial charge in [-0.15, -0.1) is 0 Å². The van der Waals surface area contributed by atoms with Gasteiger partial charge in [0.25, 0.3) is 0 Å². The van der Waals surface area contributed by atoms with Crippen molar-refractivity contribution in [2.75, 3.05) is 0 Å².